The predicted octanol–water partition coefficient (Wildman–Crippen LogP) is 2.53. The molecule has 0 aliphatic carbocycles. The minimum absolute atomic E-state index is 0.607. The maximum Gasteiger partial charge on any atom is 0.119 e. The van der Waals surface area contributed by atoms with Crippen LogP contribution in [0.15, 0.2) is 30.5 Å². The molecule has 0 bridgehead atoms. The van der Waals surface area contributed by atoms with Crippen molar-refractivity contribution in [2.75, 3.05) is 47.0 Å². The van der Waals surface area contributed by atoms with Crippen molar-refractivity contribution in [1.82, 2.24) is 20.4 Å². The first-order valence-electron chi connectivity index (χ1n) is 9.42. The van der Waals surface area contributed by atoms with Gasteiger partial charge in [0.1, 0.15) is 5.75 Å². The van der Waals surface area contributed by atoms with Gasteiger partial charge in [-0.2, -0.15) is 5.10 Å². The Hall–Kier alpha value is -1.89. The van der Waals surface area contributed by atoms with Gasteiger partial charge in [0.15, 0.2) is 0 Å². The molecule has 2 N–H and O–H groups in total. The normalized spacial score (nSPS) is 15.5. The van der Waals surface area contributed by atoms with E-state index >= 15 is 0 Å². The number of hydrogen-bond acceptors (Lipinski definition) is 5. The number of aromatic nitrogens is 2. The van der Waals surface area contributed by atoms with Crippen molar-refractivity contribution in [2.24, 2.45) is 5.92 Å². The summed E-state index contributed by atoms with van der Waals surface area (Å²) in [5.41, 5.74) is 3.43. The second kappa shape index (κ2) is 9.71. The number of H-pyrrole nitrogens is 1. The molecular weight excluding hydrogens is 328 g/mol. The van der Waals surface area contributed by atoms with E-state index in [0.29, 0.717) is 5.92 Å². The number of aromatic amines is 1. The molecular formula is C20H30N4O2. The van der Waals surface area contributed by atoms with Gasteiger partial charge in [-0.25, -0.2) is 0 Å². The molecule has 0 spiro atoms. The molecule has 2 aromatic rings. The Morgan fingerprint density at radius 2 is 2.04 bits per heavy atom. The number of nitrogens with zero attached hydrogens (tertiary/aromatic N) is 2. The summed E-state index contributed by atoms with van der Waals surface area (Å²) in [6.07, 6.45) is 4.11. The zero-order valence-electron chi connectivity index (χ0n) is 15.8. The average Bonchev–Trinajstić information content (AvgIpc) is 3.14. The predicted molar refractivity (Wildman–Crippen MR) is 103 cm³/mol. The van der Waals surface area contributed by atoms with Crippen LogP contribution in [-0.2, 0) is 11.3 Å². The van der Waals surface area contributed by atoms with E-state index in [-0.39, 0.29) is 0 Å². The van der Waals surface area contributed by atoms with Gasteiger partial charge in [0.25, 0.3) is 0 Å². The van der Waals surface area contributed by atoms with Gasteiger partial charge in [0.05, 0.1) is 18.5 Å². The summed E-state index contributed by atoms with van der Waals surface area (Å²) in [6.45, 7) is 5.34. The smallest absolute Gasteiger partial charge is 0.119 e. The molecule has 1 aromatic carbocycles. The van der Waals surface area contributed by atoms with Gasteiger partial charge in [-0.1, -0.05) is 0 Å². The lowest BCUT2D eigenvalue weighted by Gasteiger charge is -2.22. The minimum Gasteiger partial charge on any atom is -0.493 e. The first-order chi connectivity index (χ1) is 12.8. The number of ether oxygens (including phenoxy) is 2. The fourth-order valence-corrected chi connectivity index (χ4v) is 3.20. The van der Waals surface area contributed by atoms with Crippen LogP contribution in [0.4, 0.5) is 0 Å². The molecule has 142 valence electrons. The zero-order valence-corrected chi connectivity index (χ0v) is 15.8. The average molecular weight is 358 g/mol. The molecule has 1 aliphatic rings. The second-order valence-electron chi connectivity index (χ2n) is 7.00. The molecule has 0 atom stereocenters. The quantitative estimate of drug-likeness (QED) is 0.721. The van der Waals surface area contributed by atoms with Crippen molar-refractivity contribution in [1.29, 1.82) is 0 Å². The highest BCUT2D eigenvalue weighted by atomic mass is 16.5. The minimum atomic E-state index is 0.607. The lowest BCUT2D eigenvalue weighted by Crippen LogP contribution is -2.26. The van der Waals surface area contributed by atoms with E-state index in [0.717, 1.165) is 69.3 Å². The molecule has 1 fully saturated rings. The Morgan fingerprint density at radius 1 is 1.27 bits per heavy atom. The fourth-order valence-electron chi connectivity index (χ4n) is 3.20. The van der Waals surface area contributed by atoms with E-state index in [1.54, 1.807) is 0 Å². The van der Waals surface area contributed by atoms with E-state index in [1.165, 1.54) is 5.56 Å². The van der Waals surface area contributed by atoms with Crippen LogP contribution in [0, 0.1) is 5.92 Å². The van der Waals surface area contributed by atoms with Crippen LogP contribution in [-0.4, -0.2) is 62.1 Å². The van der Waals surface area contributed by atoms with Crippen molar-refractivity contribution in [3.63, 3.8) is 0 Å². The van der Waals surface area contributed by atoms with Crippen molar-refractivity contribution in [3.8, 4) is 17.0 Å². The van der Waals surface area contributed by atoms with E-state index < -0.39 is 0 Å². The lowest BCUT2D eigenvalue weighted by molar-refractivity contribution is 0.0497. The second-order valence-corrected chi connectivity index (χ2v) is 7.00. The van der Waals surface area contributed by atoms with Crippen molar-refractivity contribution in [2.45, 2.75) is 19.4 Å². The van der Waals surface area contributed by atoms with Crippen LogP contribution in [0.1, 0.15) is 18.4 Å². The first-order valence-corrected chi connectivity index (χ1v) is 9.42. The third-order valence-electron chi connectivity index (χ3n) is 4.87. The lowest BCUT2D eigenvalue weighted by atomic mass is 10.0. The summed E-state index contributed by atoms with van der Waals surface area (Å²) in [7, 11) is 4.10. The topological polar surface area (TPSA) is 62.4 Å². The molecule has 0 unspecified atom stereocenters. The van der Waals surface area contributed by atoms with Crippen LogP contribution in [0.5, 0.6) is 5.75 Å². The van der Waals surface area contributed by atoms with Crippen LogP contribution >= 0.6 is 0 Å². The molecule has 1 saturated heterocycles. The van der Waals surface area contributed by atoms with Gasteiger partial charge in [-0.15, -0.1) is 0 Å². The van der Waals surface area contributed by atoms with Gasteiger partial charge in [-0.3, -0.25) is 5.10 Å². The molecule has 0 amide bonds. The molecule has 1 aromatic heterocycles. The Kier molecular flexibility index (Phi) is 7.05. The molecule has 1 aliphatic heterocycles. The third kappa shape index (κ3) is 5.30. The molecule has 0 saturated carbocycles. The standard InChI is InChI=1S/C20H30N4O2/c1-21-9-10-24(2)14-18-13-22-23-20(18)17-3-5-19(6-4-17)26-15-16-7-11-25-12-8-16/h3-6,13,16,21H,7-12,14-15H2,1-2H3,(H,22,23). The molecule has 26 heavy (non-hydrogen) atoms. The van der Waals surface area contributed by atoms with Gasteiger partial charge >= 0.3 is 0 Å². The van der Waals surface area contributed by atoms with E-state index in [1.807, 2.05) is 25.4 Å². The highest BCUT2D eigenvalue weighted by molar-refractivity contribution is 5.63. The Bertz CT molecular complexity index is 650. The zero-order chi connectivity index (χ0) is 18.2. The summed E-state index contributed by atoms with van der Waals surface area (Å²) < 4.78 is 11.4. The van der Waals surface area contributed by atoms with Crippen molar-refractivity contribution >= 4 is 0 Å². The summed E-state index contributed by atoms with van der Waals surface area (Å²) in [6, 6.07) is 8.29. The monoisotopic (exact) mass is 358 g/mol. The largest absolute Gasteiger partial charge is 0.493 e. The maximum absolute atomic E-state index is 5.96. The Morgan fingerprint density at radius 3 is 2.77 bits per heavy atom. The highest BCUT2D eigenvalue weighted by Gasteiger charge is 2.15. The molecule has 6 nitrogen and oxygen atoms in total. The van der Waals surface area contributed by atoms with Crippen LogP contribution in [0.25, 0.3) is 11.3 Å². The maximum atomic E-state index is 5.96. The number of benzene rings is 1. The molecule has 6 heteroatoms. The van der Waals surface area contributed by atoms with Gasteiger partial charge < -0.3 is 19.7 Å². The first kappa shape index (κ1) is 18.9. The Labute approximate surface area is 155 Å². The van der Waals surface area contributed by atoms with E-state index in [4.69, 9.17) is 9.47 Å². The van der Waals surface area contributed by atoms with Crippen LogP contribution < -0.4 is 10.1 Å². The van der Waals surface area contributed by atoms with Crippen LogP contribution in [0.3, 0.4) is 0 Å². The van der Waals surface area contributed by atoms with Gasteiger partial charge in [0, 0.05) is 44.0 Å². The number of likely N-dealkylation sites (N-methyl/N-ethyl adjacent to an activating group) is 2. The summed E-state index contributed by atoms with van der Waals surface area (Å²) >= 11 is 0. The Balaban J connectivity index is 1.57. The summed E-state index contributed by atoms with van der Waals surface area (Å²) in [5.74, 6) is 1.53. The molecule has 2 heterocycles. The highest BCUT2D eigenvalue weighted by Crippen LogP contribution is 2.25. The van der Waals surface area contributed by atoms with Gasteiger partial charge in [-0.05, 0) is 57.1 Å². The number of hydrogen-bond donors (Lipinski definition) is 2. The third-order valence-corrected chi connectivity index (χ3v) is 4.87. The van der Waals surface area contributed by atoms with Crippen molar-refractivity contribution < 1.29 is 9.47 Å². The van der Waals surface area contributed by atoms with E-state index in [9.17, 15) is 0 Å². The fraction of sp³-hybridized carbons (Fsp3) is 0.550. The van der Waals surface area contributed by atoms with Crippen molar-refractivity contribution in [3.05, 3.63) is 36.0 Å². The molecule has 0 radical (unpaired) electrons. The van der Waals surface area contributed by atoms with Gasteiger partial charge in [0.2, 0.25) is 0 Å². The number of rotatable bonds is 9. The summed E-state index contributed by atoms with van der Waals surface area (Å²) in [4.78, 5) is 2.29. The van der Waals surface area contributed by atoms with E-state index in [2.05, 4.69) is 39.6 Å². The van der Waals surface area contributed by atoms with Crippen LogP contribution in [0.2, 0.25) is 0 Å². The number of nitrogens with one attached hydrogen (secondary N) is 2. The SMILES string of the molecule is CNCCN(C)Cc1cn[nH]c1-c1ccc(OCC2CCOCC2)cc1. The summed E-state index contributed by atoms with van der Waals surface area (Å²) in [5, 5.41) is 10.6. The molecule has 3 rings (SSSR count).